The predicted molar refractivity (Wildman–Crippen MR) is 89.3 cm³/mol. The molecule has 0 aliphatic rings. The lowest BCUT2D eigenvalue weighted by Gasteiger charge is -2.22. The number of ether oxygens (including phenoxy) is 1. The average Bonchev–Trinajstić information content (AvgIpc) is 2.74. The summed E-state index contributed by atoms with van der Waals surface area (Å²) in [7, 11) is 0. The summed E-state index contributed by atoms with van der Waals surface area (Å²) < 4.78 is 6.60. The molecule has 0 bridgehead atoms. The Bertz CT molecular complexity index is 657. The van der Waals surface area contributed by atoms with Crippen LogP contribution >= 0.6 is 34.5 Å². The van der Waals surface area contributed by atoms with Crippen LogP contribution < -0.4 is 4.74 Å². The summed E-state index contributed by atoms with van der Waals surface area (Å²) in [6.07, 6.45) is 0. The molecule has 2 rings (SSSR count). The maximum absolute atomic E-state index is 12.2. The maximum atomic E-state index is 12.2. The van der Waals surface area contributed by atoms with Gasteiger partial charge in [0.1, 0.15) is 10.1 Å². The highest BCUT2D eigenvalue weighted by Gasteiger charge is 2.20. The van der Waals surface area contributed by atoms with Gasteiger partial charge in [-0.05, 0) is 23.1 Å². The summed E-state index contributed by atoms with van der Waals surface area (Å²) in [5.74, 6) is 0.544. The molecule has 21 heavy (non-hydrogen) atoms. The van der Waals surface area contributed by atoms with E-state index in [9.17, 15) is 4.79 Å². The lowest BCUT2D eigenvalue weighted by Crippen LogP contribution is -2.16. The van der Waals surface area contributed by atoms with Gasteiger partial charge in [0.25, 0.3) is 0 Å². The van der Waals surface area contributed by atoms with Gasteiger partial charge in [0.15, 0.2) is 6.61 Å². The van der Waals surface area contributed by atoms with Crippen molar-refractivity contribution in [1.29, 1.82) is 0 Å². The fourth-order valence-electron chi connectivity index (χ4n) is 1.96. The van der Waals surface area contributed by atoms with Crippen molar-refractivity contribution in [3.8, 4) is 5.75 Å². The van der Waals surface area contributed by atoms with Crippen molar-refractivity contribution >= 4 is 40.3 Å². The molecule has 0 saturated carbocycles. The van der Waals surface area contributed by atoms with Gasteiger partial charge in [-0.1, -0.05) is 62.2 Å². The van der Waals surface area contributed by atoms with Gasteiger partial charge in [0.05, 0.1) is 9.90 Å². The zero-order chi connectivity index (χ0) is 15.6. The number of carbonyl (C=O) groups is 1. The third-order valence-corrected chi connectivity index (χ3v) is 4.50. The molecule has 1 aromatic carbocycles. The van der Waals surface area contributed by atoms with E-state index in [2.05, 4.69) is 20.8 Å². The standard InChI is InChI=1S/C16H16Cl2O2S/c1-16(2,3)11-6-4-5-7-13(11)20-9-12(19)10-8-14(17)21-15(10)18/h4-8H,9H2,1-3H3. The van der Waals surface area contributed by atoms with Crippen LogP contribution in [-0.4, -0.2) is 12.4 Å². The van der Waals surface area contributed by atoms with Crippen LogP contribution in [0.5, 0.6) is 5.75 Å². The molecular weight excluding hydrogens is 327 g/mol. The summed E-state index contributed by atoms with van der Waals surface area (Å²) in [5.41, 5.74) is 1.43. The number of hydrogen-bond donors (Lipinski definition) is 0. The van der Waals surface area contributed by atoms with Crippen molar-refractivity contribution < 1.29 is 9.53 Å². The molecule has 0 saturated heterocycles. The highest BCUT2D eigenvalue weighted by Crippen LogP contribution is 2.33. The minimum atomic E-state index is -0.174. The number of ketones is 1. The number of carbonyl (C=O) groups excluding carboxylic acids is 1. The molecule has 0 aliphatic heterocycles. The number of Topliss-reactive ketones (excluding diaryl/α,β-unsaturated/α-hetero) is 1. The van der Waals surface area contributed by atoms with E-state index in [0.717, 1.165) is 11.3 Å². The number of halogens is 2. The summed E-state index contributed by atoms with van der Waals surface area (Å²) in [6.45, 7) is 6.26. The van der Waals surface area contributed by atoms with Crippen molar-refractivity contribution in [2.24, 2.45) is 0 Å². The summed E-state index contributed by atoms with van der Waals surface area (Å²) in [6, 6.07) is 9.31. The highest BCUT2D eigenvalue weighted by atomic mass is 35.5. The van der Waals surface area contributed by atoms with E-state index in [1.165, 1.54) is 11.3 Å². The Kier molecular flexibility index (Phi) is 4.97. The zero-order valence-corrected chi connectivity index (χ0v) is 14.4. The molecule has 0 atom stereocenters. The van der Waals surface area contributed by atoms with Crippen LogP contribution in [0.4, 0.5) is 0 Å². The van der Waals surface area contributed by atoms with Gasteiger partial charge in [-0.15, -0.1) is 11.3 Å². The van der Waals surface area contributed by atoms with E-state index < -0.39 is 0 Å². The Morgan fingerprint density at radius 1 is 1.24 bits per heavy atom. The molecule has 0 N–H and O–H groups in total. The van der Waals surface area contributed by atoms with Gasteiger partial charge in [0, 0.05) is 0 Å². The zero-order valence-electron chi connectivity index (χ0n) is 12.1. The quantitative estimate of drug-likeness (QED) is 0.674. The number of benzene rings is 1. The summed E-state index contributed by atoms with van der Waals surface area (Å²) in [4.78, 5) is 12.2. The van der Waals surface area contributed by atoms with E-state index in [-0.39, 0.29) is 17.8 Å². The fraction of sp³-hybridized carbons (Fsp3) is 0.312. The molecule has 0 unspecified atom stereocenters. The number of para-hydroxylation sites is 1. The van der Waals surface area contributed by atoms with Crippen LogP contribution in [0.15, 0.2) is 30.3 Å². The molecule has 1 heterocycles. The van der Waals surface area contributed by atoms with Crippen LogP contribution in [0, 0.1) is 0 Å². The van der Waals surface area contributed by atoms with E-state index in [0.29, 0.717) is 14.2 Å². The number of thiophene rings is 1. The van der Waals surface area contributed by atoms with Gasteiger partial charge in [-0.3, -0.25) is 4.79 Å². The first-order valence-electron chi connectivity index (χ1n) is 6.49. The van der Waals surface area contributed by atoms with Crippen molar-refractivity contribution in [2.45, 2.75) is 26.2 Å². The van der Waals surface area contributed by atoms with Crippen molar-refractivity contribution in [3.63, 3.8) is 0 Å². The van der Waals surface area contributed by atoms with Crippen LogP contribution in [0.3, 0.4) is 0 Å². The first kappa shape index (κ1) is 16.3. The van der Waals surface area contributed by atoms with Gasteiger partial charge in [0.2, 0.25) is 5.78 Å². The second kappa shape index (κ2) is 6.39. The Hall–Kier alpha value is -1.03. The third kappa shape index (κ3) is 4.00. The number of rotatable bonds is 4. The minimum absolute atomic E-state index is 0.0526. The van der Waals surface area contributed by atoms with Crippen molar-refractivity contribution in [2.75, 3.05) is 6.61 Å². The van der Waals surface area contributed by atoms with E-state index in [1.807, 2.05) is 24.3 Å². The van der Waals surface area contributed by atoms with Crippen LogP contribution in [0.2, 0.25) is 8.67 Å². The molecule has 0 amide bonds. The van der Waals surface area contributed by atoms with Crippen molar-refractivity contribution in [1.82, 2.24) is 0 Å². The highest BCUT2D eigenvalue weighted by molar-refractivity contribution is 7.20. The van der Waals surface area contributed by atoms with E-state index in [4.69, 9.17) is 27.9 Å². The van der Waals surface area contributed by atoms with Crippen molar-refractivity contribution in [3.05, 3.63) is 50.1 Å². The average molecular weight is 343 g/mol. The normalized spacial score (nSPS) is 11.5. The maximum Gasteiger partial charge on any atom is 0.202 e. The first-order valence-corrected chi connectivity index (χ1v) is 8.06. The topological polar surface area (TPSA) is 26.3 Å². The largest absolute Gasteiger partial charge is 0.485 e. The van der Waals surface area contributed by atoms with E-state index >= 15 is 0 Å². The van der Waals surface area contributed by atoms with Crippen LogP contribution in [-0.2, 0) is 5.41 Å². The lowest BCUT2D eigenvalue weighted by atomic mass is 9.86. The SMILES string of the molecule is CC(C)(C)c1ccccc1OCC(=O)c1cc(Cl)sc1Cl. The second-order valence-electron chi connectivity index (χ2n) is 5.70. The third-order valence-electron chi connectivity index (χ3n) is 3.01. The Balaban J connectivity index is 2.14. The fourth-order valence-corrected chi connectivity index (χ4v) is 3.46. The molecule has 112 valence electrons. The Morgan fingerprint density at radius 3 is 2.48 bits per heavy atom. The molecule has 1 aromatic heterocycles. The van der Waals surface area contributed by atoms with Crippen LogP contribution in [0.25, 0.3) is 0 Å². The molecule has 0 radical (unpaired) electrons. The van der Waals surface area contributed by atoms with Gasteiger partial charge in [-0.2, -0.15) is 0 Å². The monoisotopic (exact) mass is 342 g/mol. The molecule has 2 nitrogen and oxygen atoms in total. The molecule has 0 spiro atoms. The van der Waals surface area contributed by atoms with Gasteiger partial charge in [-0.25, -0.2) is 0 Å². The second-order valence-corrected chi connectivity index (χ2v) is 7.98. The van der Waals surface area contributed by atoms with E-state index in [1.54, 1.807) is 6.07 Å². The first-order chi connectivity index (χ1) is 9.79. The Labute approximate surface area is 138 Å². The van der Waals surface area contributed by atoms with Gasteiger partial charge < -0.3 is 4.74 Å². The molecular formula is C16H16Cl2O2S. The number of hydrogen-bond acceptors (Lipinski definition) is 3. The molecule has 0 aliphatic carbocycles. The summed E-state index contributed by atoms with van der Waals surface area (Å²) in [5, 5.41) is 0. The minimum Gasteiger partial charge on any atom is -0.485 e. The smallest absolute Gasteiger partial charge is 0.202 e. The Morgan fingerprint density at radius 2 is 1.90 bits per heavy atom. The van der Waals surface area contributed by atoms with Crippen LogP contribution in [0.1, 0.15) is 36.7 Å². The van der Waals surface area contributed by atoms with Gasteiger partial charge >= 0.3 is 0 Å². The molecule has 5 heteroatoms. The predicted octanol–water partition coefficient (Wildman–Crippen LogP) is 5.61. The molecule has 2 aromatic rings. The lowest BCUT2D eigenvalue weighted by molar-refractivity contribution is 0.0920. The summed E-state index contributed by atoms with van der Waals surface area (Å²) >= 11 is 13.0. The molecule has 0 fully saturated rings.